The molecule has 78 valence electrons. The van der Waals surface area contributed by atoms with Crippen molar-refractivity contribution in [1.82, 2.24) is 0 Å². The lowest BCUT2D eigenvalue weighted by molar-refractivity contribution is 0.0144. The van der Waals surface area contributed by atoms with E-state index in [4.69, 9.17) is 14.6 Å². The van der Waals surface area contributed by atoms with Crippen LogP contribution in [0.1, 0.15) is 12.5 Å². The van der Waals surface area contributed by atoms with Gasteiger partial charge in [-0.1, -0.05) is 12.1 Å². The molecule has 0 amide bonds. The summed E-state index contributed by atoms with van der Waals surface area (Å²) in [5.41, 5.74) is 1.08. The van der Waals surface area contributed by atoms with Crippen LogP contribution in [0.2, 0.25) is 0 Å². The maximum absolute atomic E-state index is 8.75. The monoisotopic (exact) mass is 196 g/mol. The van der Waals surface area contributed by atoms with Crippen molar-refractivity contribution in [2.75, 3.05) is 13.7 Å². The molecular weight excluding hydrogens is 180 g/mol. The second kappa shape index (κ2) is 5.62. The lowest BCUT2D eigenvalue weighted by Gasteiger charge is -2.09. The van der Waals surface area contributed by atoms with E-state index in [-0.39, 0.29) is 12.7 Å². The molecule has 1 unspecified atom stereocenters. The molecule has 1 aromatic rings. The zero-order valence-electron chi connectivity index (χ0n) is 8.56. The van der Waals surface area contributed by atoms with E-state index in [1.165, 1.54) is 0 Å². The first-order valence-electron chi connectivity index (χ1n) is 4.61. The van der Waals surface area contributed by atoms with Crippen LogP contribution in [0.3, 0.4) is 0 Å². The van der Waals surface area contributed by atoms with Gasteiger partial charge in [-0.3, -0.25) is 0 Å². The Morgan fingerprint density at radius 2 is 1.93 bits per heavy atom. The Balaban J connectivity index is 2.43. The van der Waals surface area contributed by atoms with Crippen molar-refractivity contribution < 1.29 is 14.6 Å². The zero-order chi connectivity index (χ0) is 10.4. The van der Waals surface area contributed by atoms with Gasteiger partial charge in [0.15, 0.2) is 0 Å². The summed E-state index contributed by atoms with van der Waals surface area (Å²) in [6, 6.07) is 7.68. The Morgan fingerprint density at radius 3 is 2.43 bits per heavy atom. The zero-order valence-corrected chi connectivity index (χ0v) is 8.56. The minimum absolute atomic E-state index is 0.0517. The van der Waals surface area contributed by atoms with Gasteiger partial charge >= 0.3 is 0 Å². The number of hydrogen-bond donors (Lipinski definition) is 1. The first-order valence-corrected chi connectivity index (χ1v) is 4.61. The van der Waals surface area contributed by atoms with E-state index in [1.54, 1.807) is 7.11 Å². The van der Waals surface area contributed by atoms with Crippen LogP contribution >= 0.6 is 0 Å². The van der Waals surface area contributed by atoms with Gasteiger partial charge in [-0.25, -0.2) is 0 Å². The van der Waals surface area contributed by atoms with Crippen molar-refractivity contribution in [1.29, 1.82) is 0 Å². The van der Waals surface area contributed by atoms with Gasteiger partial charge in [0.05, 0.1) is 26.4 Å². The summed E-state index contributed by atoms with van der Waals surface area (Å²) in [5, 5.41) is 8.75. The molecule has 0 radical (unpaired) electrons. The van der Waals surface area contributed by atoms with E-state index in [1.807, 2.05) is 31.2 Å². The standard InChI is InChI=1S/C11H16O3/c1-9(7-12)14-8-10-3-5-11(13-2)6-4-10/h3-6,9,12H,7-8H2,1-2H3. The van der Waals surface area contributed by atoms with E-state index in [9.17, 15) is 0 Å². The summed E-state index contributed by atoms with van der Waals surface area (Å²) in [6.45, 7) is 2.41. The fourth-order valence-electron chi connectivity index (χ4n) is 1.01. The highest BCUT2D eigenvalue weighted by molar-refractivity contribution is 5.26. The molecule has 1 aromatic carbocycles. The van der Waals surface area contributed by atoms with Crippen molar-refractivity contribution in [2.24, 2.45) is 0 Å². The molecule has 1 atom stereocenters. The lowest BCUT2D eigenvalue weighted by Crippen LogP contribution is -2.12. The highest BCUT2D eigenvalue weighted by atomic mass is 16.5. The van der Waals surface area contributed by atoms with Gasteiger partial charge in [-0.15, -0.1) is 0 Å². The minimum Gasteiger partial charge on any atom is -0.497 e. The number of aliphatic hydroxyl groups is 1. The van der Waals surface area contributed by atoms with Gasteiger partial charge in [0, 0.05) is 0 Å². The molecular formula is C11H16O3. The molecule has 0 heterocycles. The molecule has 1 rings (SSSR count). The summed E-state index contributed by atoms with van der Waals surface area (Å²) in [4.78, 5) is 0. The molecule has 0 spiro atoms. The van der Waals surface area contributed by atoms with Crippen LogP contribution in [-0.4, -0.2) is 24.9 Å². The number of rotatable bonds is 5. The number of aliphatic hydroxyl groups excluding tert-OH is 1. The maximum atomic E-state index is 8.75. The molecule has 0 aliphatic rings. The molecule has 3 heteroatoms. The third-order valence-electron chi connectivity index (χ3n) is 1.95. The summed E-state index contributed by atoms with van der Waals surface area (Å²) in [5.74, 6) is 0.837. The van der Waals surface area contributed by atoms with Gasteiger partial charge < -0.3 is 14.6 Å². The van der Waals surface area contributed by atoms with Gasteiger partial charge in [0.1, 0.15) is 5.75 Å². The van der Waals surface area contributed by atoms with Gasteiger partial charge in [0.25, 0.3) is 0 Å². The molecule has 3 nitrogen and oxygen atoms in total. The van der Waals surface area contributed by atoms with Crippen LogP contribution in [0.15, 0.2) is 24.3 Å². The third-order valence-corrected chi connectivity index (χ3v) is 1.95. The Labute approximate surface area is 84.3 Å². The maximum Gasteiger partial charge on any atom is 0.118 e. The highest BCUT2D eigenvalue weighted by Crippen LogP contribution is 2.12. The predicted octanol–water partition coefficient (Wildman–Crippen LogP) is 1.59. The topological polar surface area (TPSA) is 38.7 Å². The summed E-state index contributed by atoms with van der Waals surface area (Å²) in [6.07, 6.45) is -0.114. The second-order valence-corrected chi connectivity index (χ2v) is 3.15. The van der Waals surface area contributed by atoms with Gasteiger partial charge in [-0.2, -0.15) is 0 Å². The average molecular weight is 196 g/mol. The molecule has 0 saturated heterocycles. The molecule has 0 aliphatic carbocycles. The molecule has 14 heavy (non-hydrogen) atoms. The van der Waals surface area contributed by atoms with Crippen LogP contribution in [0.25, 0.3) is 0 Å². The van der Waals surface area contributed by atoms with E-state index in [0.717, 1.165) is 11.3 Å². The largest absolute Gasteiger partial charge is 0.497 e. The average Bonchev–Trinajstić information content (AvgIpc) is 2.26. The quantitative estimate of drug-likeness (QED) is 0.777. The van der Waals surface area contributed by atoms with Gasteiger partial charge in [-0.05, 0) is 24.6 Å². The van der Waals surface area contributed by atoms with Crippen LogP contribution in [0, 0.1) is 0 Å². The molecule has 0 bridgehead atoms. The summed E-state index contributed by atoms with van der Waals surface area (Å²) >= 11 is 0. The van der Waals surface area contributed by atoms with Crippen LogP contribution < -0.4 is 4.74 Å². The summed E-state index contributed by atoms with van der Waals surface area (Å²) in [7, 11) is 1.64. The summed E-state index contributed by atoms with van der Waals surface area (Å²) < 4.78 is 10.4. The smallest absolute Gasteiger partial charge is 0.118 e. The van der Waals surface area contributed by atoms with Crippen molar-refractivity contribution in [3.05, 3.63) is 29.8 Å². The lowest BCUT2D eigenvalue weighted by atomic mass is 10.2. The Bertz CT molecular complexity index is 256. The van der Waals surface area contributed by atoms with Crippen molar-refractivity contribution >= 4 is 0 Å². The molecule has 0 aliphatic heterocycles. The SMILES string of the molecule is COc1ccc(COC(C)CO)cc1. The normalized spacial score (nSPS) is 12.5. The number of hydrogen-bond acceptors (Lipinski definition) is 3. The first-order chi connectivity index (χ1) is 6.76. The fourth-order valence-corrected chi connectivity index (χ4v) is 1.01. The minimum atomic E-state index is -0.114. The van der Waals surface area contributed by atoms with Gasteiger partial charge in [0.2, 0.25) is 0 Å². The van der Waals surface area contributed by atoms with Crippen LogP contribution in [0.5, 0.6) is 5.75 Å². The molecule has 0 saturated carbocycles. The second-order valence-electron chi connectivity index (χ2n) is 3.15. The van der Waals surface area contributed by atoms with E-state index >= 15 is 0 Å². The van der Waals surface area contributed by atoms with E-state index in [0.29, 0.717) is 6.61 Å². The molecule has 0 aromatic heterocycles. The van der Waals surface area contributed by atoms with Crippen LogP contribution in [-0.2, 0) is 11.3 Å². The van der Waals surface area contributed by atoms with Crippen molar-refractivity contribution in [3.8, 4) is 5.75 Å². The first kappa shape index (κ1) is 11.0. The Kier molecular flexibility index (Phi) is 4.43. The van der Waals surface area contributed by atoms with E-state index in [2.05, 4.69) is 0 Å². The van der Waals surface area contributed by atoms with E-state index < -0.39 is 0 Å². The fraction of sp³-hybridized carbons (Fsp3) is 0.455. The number of ether oxygens (including phenoxy) is 2. The highest BCUT2D eigenvalue weighted by Gasteiger charge is 2.00. The Hall–Kier alpha value is -1.06. The third kappa shape index (κ3) is 3.36. The van der Waals surface area contributed by atoms with Crippen molar-refractivity contribution in [3.63, 3.8) is 0 Å². The number of methoxy groups -OCH3 is 1. The van der Waals surface area contributed by atoms with Crippen LogP contribution in [0.4, 0.5) is 0 Å². The predicted molar refractivity (Wildman–Crippen MR) is 54.3 cm³/mol. The number of benzene rings is 1. The molecule has 0 fully saturated rings. The molecule has 1 N–H and O–H groups in total. The van der Waals surface area contributed by atoms with Crippen molar-refractivity contribution in [2.45, 2.75) is 19.6 Å². The Morgan fingerprint density at radius 1 is 1.29 bits per heavy atom.